The normalized spacial score (nSPS) is 12.4. The Morgan fingerprint density at radius 3 is 2.50 bits per heavy atom. The van der Waals surface area contributed by atoms with Crippen molar-refractivity contribution in [3.05, 3.63) is 29.8 Å². The van der Waals surface area contributed by atoms with Gasteiger partial charge in [-0.25, -0.2) is 0 Å². The number of nitrogens with zero attached hydrogens (tertiary/aromatic N) is 1. The maximum atomic E-state index is 9.71. The molecular formula is C15H26N2O3. The number of anilines is 1. The van der Waals surface area contributed by atoms with Crippen molar-refractivity contribution in [2.75, 3.05) is 52.5 Å². The second-order valence-corrected chi connectivity index (χ2v) is 4.83. The molecule has 0 spiro atoms. The molecule has 0 radical (unpaired) electrons. The molecular weight excluding hydrogens is 256 g/mol. The minimum atomic E-state index is -0.472. The first-order chi connectivity index (χ1) is 9.67. The van der Waals surface area contributed by atoms with E-state index in [1.165, 1.54) is 5.56 Å². The molecule has 114 valence electrons. The number of hydrogen-bond acceptors (Lipinski definition) is 5. The van der Waals surface area contributed by atoms with Gasteiger partial charge in [-0.2, -0.15) is 0 Å². The average molecular weight is 282 g/mol. The molecule has 0 amide bonds. The fraction of sp³-hybridized carbons (Fsp3) is 0.600. The average Bonchev–Trinajstić information content (AvgIpc) is 2.44. The van der Waals surface area contributed by atoms with E-state index in [9.17, 15) is 5.11 Å². The van der Waals surface area contributed by atoms with Crippen LogP contribution in [-0.2, 0) is 16.0 Å². The van der Waals surface area contributed by atoms with Gasteiger partial charge in [0.1, 0.15) is 0 Å². The van der Waals surface area contributed by atoms with Crippen molar-refractivity contribution in [3.63, 3.8) is 0 Å². The van der Waals surface area contributed by atoms with Gasteiger partial charge in [0.15, 0.2) is 0 Å². The summed E-state index contributed by atoms with van der Waals surface area (Å²) in [6.07, 6.45) is -0.472. The molecule has 20 heavy (non-hydrogen) atoms. The zero-order valence-corrected chi connectivity index (χ0v) is 12.6. The number of hydrogen-bond donors (Lipinski definition) is 2. The van der Waals surface area contributed by atoms with Crippen LogP contribution in [0.25, 0.3) is 0 Å². The molecule has 1 aromatic carbocycles. The quantitative estimate of drug-likeness (QED) is 0.624. The van der Waals surface area contributed by atoms with E-state index in [4.69, 9.17) is 9.47 Å². The van der Waals surface area contributed by atoms with Crippen LogP contribution >= 0.6 is 0 Å². The van der Waals surface area contributed by atoms with E-state index in [0.29, 0.717) is 13.2 Å². The van der Waals surface area contributed by atoms with Crippen molar-refractivity contribution in [1.29, 1.82) is 0 Å². The smallest absolute Gasteiger partial charge is 0.0947 e. The molecule has 1 atom stereocenters. The lowest BCUT2D eigenvalue weighted by molar-refractivity contribution is 0.0695. The van der Waals surface area contributed by atoms with Crippen LogP contribution in [0.3, 0.4) is 0 Å². The van der Waals surface area contributed by atoms with Crippen molar-refractivity contribution >= 4 is 5.69 Å². The molecule has 0 aliphatic heterocycles. The summed E-state index contributed by atoms with van der Waals surface area (Å²) in [4.78, 5) is 2.02. The molecule has 5 nitrogen and oxygen atoms in total. The Morgan fingerprint density at radius 2 is 1.90 bits per heavy atom. The lowest BCUT2D eigenvalue weighted by atomic mass is 10.2. The number of ether oxygens (including phenoxy) is 2. The molecule has 1 unspecified atom stereocenters. The molecule has 0 fully saturated rings. The molecule has 0 saturated heterocycles. The van der Waals surface area contributed by atoms with E-state index in [1.807, 2.05) is 11.9 Å². The highest BCUT2D eigenvalue weighted by Gasteiger charge is 2.08. The molecule has 0 saturated carbocycles. The van der Waals surface area contributed by atoms with Gasteiger partial charge >= 0.3 is 0 Å². The molecule has 0 aliphatic carbocycles. The second kappa shape index (κ2) is 9.72. The fourth-order valence-electron chi connectivity index (χ4n) is 1.94. The lowest BCUT2D eigenvalue weighted by Gasteiger charge is -2.22. The van der Waals surface area contributed by atoms with E-state index >= 15 is 0 Å². The monoisotopic (exact) mass is 282 g/mol. The summed E-state index contributed by atoms with van der Waals surface area (Å²) in [5.41, 5.74) is 2.32. The zero-order valence-electron chi connectivity index (χ0n) is 12.6. The van der Waals surface area contributed by atoms with Crippen molar-refractivity contribution < 1.29 is 14.6 Å². The molecule has 0 aromatic heterocycles. The number of nitrogens with one attached hydrogen (secondary N) is 1. The van der Waals surface area contributed by atoms with E-state index < -0.39 is 6.10 Å². The van der Waals surface area contributed by atoms with Gasteiger partial charge in [-0.05, 0) is 17.7 Å². The van der Waals surface area contributed by atoms with Crippen LogP contribution in [0.15, 0.2) is 24.3 Å². The molecule has 1 aromatic rings. The Morgan fingerprint density at radius 1 is 1.20 bits per heavy atom. The van der Waals surface area contributed by atoms with E-state index in [2.05, 4.69) is 29.6 Å². The number of aliphatic hydroxyl groups is 1. The van der Waals surface area contributed by atoms with Crippen LogP contribution in [0.2, 0.25) is 0 Å². The van der Waals surface area contributed by atoms with Gasteiger partial charge in [-0.1, -0.05) is 12.1 Å². The summed E-state index contributed by atoms with van der Waals surface area (Å²) >= 11 is 0. The maximum absolute atomic E-state index is 9.71. The Labute approximate surface area is 121 Å². The number of rotatable bonds is 10. The first-order valence-corrected chi connectivity index (χ1v) is 6.84. The summed E-state index contributed by atoms with van der Waals surface area (Å²) in [5.74, 6) is 0. The van der Waals surface area contributed by atoms with Crippen molar-refractivity contribution in [1.82, 2.24) is 5.32 Å². The number of likely N-dealkylation sites (N-methyl/N-ethyl adjacent to an activating group) is 1. The Kier molecular flexibility index (Phi) is 8.22. The summed E-state index contributed by atoms with van der Waals surface area (Å²) in [6.45, 7) is 3.31. The Balaban J connectivity index is 2.40. The van der Waals surface area contributed by atoms with Gasteiger partial charge in [0.2, 0.25) is 0 Å². The molecule has 1 rings (SSSR count). The molecule has 0 aliphatic rings. The van der Waals surface area contributed by atoms with Crippen LogP contribution < -0.4 is 10.2 Å². The van der Waals surface area contributed by atoms with Gasteiger partial charge in [-0.3, -0.25) is 0 Å². The van der Waals surface area contributed by atoms with Gasteiger partial charge in [0.05, 0.1) is 19.3 Å². The number of aliphatic hydroxyl groups excluding tert-OH is 1. The highest BCUT2D eigenvalue weighted by atomic mass is 16.5. The lowest BCUT2D eigenvalue weighted by Crippen LogP contribution is -2.31. The van der Waals surface area contributed by atoms with E-state index in [0.717, 1.165) is 25.4 Å². The number of methoxy groups -OCH3 is 2. The van der Waals surface area contributed by atoms with Crippen LogP contribution in [0.5, 0.6) is 0 Å². The van der Waals surface area contributed by atoms with Crippen molar-refractivity contribution in [2.45, 2.75) is 12.6 Å². The topological polar surface area (TPSA) is 54.0 Å². The standard InChI is InChI=1S/C15H26N2O3/c1-17(11-15(18)12-20-3)14-6-4-13(5-7-14)10-16-8-9-19-2/h4-7,15-16,18H,8-12H2,1-3H3. The third-order valence-electron chi connectivity index (χ3n) is 3.03. The number of benzene rings is 1. The predicted molar refractivity (Wildman–Crippen MR) is 81.2 cm³/mol. The van der Waals surface area contributed by atoms with Gasteiger partial charge in [-0.15, -0.1) is 0 Å². The molecule has 0 heterocycles. The summed E-state index contributed by atoms with van der Waals surface area (Å²) < 4.78 is 9.91. The highest BCUT2D eigenvalue weighted by molar-refractivity contribution is 5.46. The SMILES string of the molecule is COCCNCc1ccc(N(C)CC(O)COC)cc1. The Bertz CT molecular complexity index is 357. The summed E-state index contributed by atoms with van der Waals surface area (Å²) in [7, 11) is 5.25. The van der Waals surface area contributed by atoms with Crippen LogP contribution in [-0.4, -0.2) is 58.8 Å². The first-order valence-electron chi connectivity index (χ1n) is 6.84. The van der Waals surface area contributed by atoms with E-state index in [1.54, 1.807) is 14.2 Å². The minimum Gasteiger partial charge on any atom is -0.389 e. The molecule has 0 bridgehead atoms. The maximum Gasteiger partial charge on any atom is 0.0947 e. The third-order valence-corrected chi connectivity index (χ3v) is 3.03. The second-order valence-electron chi connectivity index (χ2n) is 4.83. The third kappa shape index (κ3) is 6.34. The summed E-state index contributed by atoms with van der Waals surface area (Å²) in [5, 5.41) is 13.0. The molecule has 5 heteroatoms. The fourth-order valence-corrected chi connectivity index (χ4v) is 1.94. The van der Waals surface area contributed by atoms with Gasteiger partial charge in [0.25, 0.3) is 0 Å². The van der Waals surface area contributed by atoms with Gasteiger partial charge < -0.3 is 24.8 Å². The first kappa shape index (κ1) is 16.9. The molecule has 2 N–H and O–H groups in total. The summed E-state index contributed by atoms with van der Waals surface area (Å²) in [6, 6.07) is 8.31. The van der Waals surface area contributed by atoms with Crippen LogP contribution in [0, 0.1) is 0 Å². The van der Waals surface area contributed by atoms with Crippen LogP contribution in [0.4, 0.5) is 5.69 Å². The van der Waals surface area contributed by atoms with E-state index in [-0.39, 0.29) is 0 Å². The minimum absolute atomic E-state index is 0.353. The largest absolute Gasteiger partial charge is 0.389 e. The zero-order chi connectivity index (χ0) is 14.8. The van der Waals surface area contributed by atoms with Crippen LogP contribution in [0.1, 0.15) is 5.56 Å². The van der Waals surface area contributed by atoms with Gasteiger partial charge in [0, 0.05) is 46.6 Å². The highest BCUT2D eigenvalue weighted by Crippen LogP contribution is 2.14. The predicted octanol–water partition coefficient (Wildman–Crippen LogP) is 0.866. The van der Waals surface area contributed by atoms with Crippen molar-refractivity contribution in [3.8, 4) is 0 Å². The van der Waals surface area contributed by atoms with Crippen molar-refractivity contribution in [2.24, 2.45) is 0 Å². The Hall–Kier alpha value is -1.14.